The van der Waals surface area contributed by atoms with E-state index in [1.54, 1.807) is 60.7 Å². The van der Waals surface area contributed by atoms with E-state index in [4.69, 9.17) is 20.9 Å². The molecule has 9 heteroatoms. The van der Waals surface area contributed by atoms with Crippen molar-refractivity contribution in [1.29, 1.82) is 0 Å². The van der Waals surface area contributed by atoms with Gasteiger partial charge in [0.15, 0.2) is 0 Å². The number of anilines is 2. The summed E-state index contributed by atoms with van der Waals surface area (Å²) in [6, 6.07) is 23.1. The first-order valence-electron chi connectivity index (χ1n) is 9.63. The van der Waals surface area contributed by atoms with Gasteiger partial charge in [0.1, 0.15) is 23.0 Å². The summed E-state index contributed by atoms with van der Waals surface area (Å²) in [5, 5.41) is 0. The zero-order chi connectivity index (χ0) is 23.6. The minimum absolute atomic E-state index is 0.116. The molecule has 6 nitrogen and oxygen atoms in total. The summed E-state index contributed by atoms with van der Waals surface area (Å²) in [4.78, 5) is 0.233. The molecule has 0 bridgehead atoms. The zero-order valence-corrected chi connectivity index (χ0v) is 21.0. The number of benzene rings is 4. The van der Waals surface area contributed by atoms with Gasteiger partial charge in [0.25, 0.3) is 0 Å². The molecular weight excluding hydrogens is 572 g/mol. The van der Waals surface area contributed by atoms with Gasteiger partial charge in [-0.05, 0) is 92.5 Å². The molecule has 0 fully saturated rings. The monoisotopic (exact) mass is 588 g/mol. The molecule has 0 saturated carbocycles. The third kappa shape index (κ3) is 5.32. The summed E-state index contributed by atoms with van der Waals surface area (Å²) >= 11 is 6.79. The number of hydrogen-bond acceptors (Lipinski definition) is 6. The predicted octanol–water partition coefficient (Wildman–Crippen LogP) is 6.79. The van der Waals surface area contributed by atoms with Crippen molar-refractivity contribution in [3.8, 4) is 23.0 Å². The Morgan fingerprint density at radius 1 is 0.606 bits per heavy atom. The maximum absolute atomic E-state index is 13.2. The fourth-order valence-corrected chi connectivity index (χ4v) is 5.54. The van der Waals surface area contributed by atoms with Crippen molar-refractivity contribution in [2.75, 3.05) is 11.5 Å². The minimum Gasteiger partial charge on any atom is -0.456 e. The molecule has 0 aromatic heterocycles. The van der Waals surface area contributed by atoms with Crippen LogP contribution in [-0.4, -0.2) is 8.42 Å². The van der Waals surface area contributed by atoms with E-state index >= 15 is 0 Å². The molecule has 0 aliphatic carbocycles. The molecule has 0 saturated heterocycles. The van der Waals surface area contributed by atoms with E-state index < -0.39 is 9.84 Å². The van der Waals surface area contributed by atoms with Crippen LogP contribution in [0.25, 0.3) is 0 Å². The van der Waals surface area contributed by atoms with E-state index in [9.17, 15) is 8.42 Å². The van der Waals surface area contributed by atoms with Crippen LogP contribution in [0.4, 0.5) is 11.4 Å². The van der Waals surface area contributed by atoms with Crippen molar-refractivity contribution in [2.45, 2.75) is 9.79 Å². The lowest BCUT2D eigenvalue weighted by atomic mass is 10.3. The lowest BCUT2D eigenvalue weighted by molar-refractivity contribution is 0.479. The Hall–Kier alpha value is -3.01. The smallest absolute Gasteiger partial charge is 0.206 e. The lowest BCUT2D eigenvalue weighted by Gasteiger charge is -2.12. The van der Waals surface area contributed by atoms with Gasteiger partial charge in [0, 0.05) is 23.5 Å². The topological polar surface area (TPSA) is 105 Å². The number of rotatable bonds is 6. The highest BCUT2D eigenvalue weighted by Crippen LogP contribution is 2.36. The van der Waals surface area contributed by atoms with Gasteiger partial charge in [-0.15, -0.1) is 0 Å². The number of halogens is 2. The molecule has 0 radical (unpaired) electrons. The van der Waals surface area contributed by atoms with Crippen LogP contribution >= 0.6 is 31.9 Å². The zero-order valence-electron chi connectivity index (χ0n) is 17.0. The van der Waals surface area contributed by atoms with Gasteiger partial charge < -0.3 is 20.9 Å². The number of sulfone groups is 1. The van der Waals surface area contributed by atoms with Crippen LogP contribution in [-0.2, 0) is 9.84 Å². The second-order valence-corrected chi connectivity index (χ2v) is 10.7. The van der Waals surface area contributed by atoms with Crippen LogP contribution in [0.1, 0.15) is 0 Å². The van der Waals surface area contributed by atoms with Crippen LogP contribution < -0.4 is 20.9 Å². The van der Waals surface area contributed by atoms with E-state index in [-0.39, 0.29) is 9.79 Å². The summed E-state index contributed by atoms with van der Waals surface area (Å²) in [7, 11) is -3.79. The van der Waals surface area contributed by atoms with Crippen LogP contribution in [0.3, 0.4) is 0 Å². The molecule has 0 amide bonds. The number of ether oxygens (including phenoxy) is 2. The Bertz CT molecular complexity index is 1340. The predicted molar refractivity (Wildman–Crippen MR) is 136 cm³/mol. The van der Waals surface area contributed by atoms with Gasteiger partial charge in [-0.3, -0.25) is 0 Å². The van der Waals surface area contributed by atoms with E-state index in [0.29, 0.717) is 43.3 Å². The summed E-state index contributed by atoms with van der Waals surface area (Å²) in [6.45, 7) is 0. The molecule has 0 aliphatic rings. The summed E-state index contributed by atoms with van der Waals surface area (Å²) in [5.41, 5.74) is 12.7. The first kappa shape index (κ1) is 23.2. The Balaban J connectivity index is 1.58. The first-order chi connectivity index (χ1) is 15.7. The van der Waals surface area contributed by atoms with Crippen LogP contribution in [0, 0.1) is 0 Å². The Kier molecular flexibility index (Phi) is 6.64. The quantitative estimate of drug-likeness (QED) is 0.240. The summed E-state index contributed by atoms with van der Waals surface area (Å²) in [6.07, 6.45) is 0. The van der Waals surface area contributed by atoms with Crippen molar-refractivity contribution in [3.05, 3.63) is 93.9 Å². The van der Waals surface area contributed by atoms with Gasteiger partial charge in [0.05, 0.1) is 18.7 Å². The maximum atomic E-state index is 13.2. The Morgan fingerprint density at radius 2 is 1.03 bits per heavy atom. The van der Waals surface area contributed by atoms with E-state index in [1.165, 1.54) is 24.3 Å². The molecule has 4 N–H and O–H groups in total. The van der Waals surface area contributed by atoms with E-state index in [1.807, 2.05) is 0 Å². The third-order valence-electron chi connectivity index (χ3n) is 4.60. The molecule has 0 aliphatic heterocycles. The molecule has 0 unspecified atom stereocenters. The van der Waals surface area contributed by atoms with Crippen LogP contribution in [0.15, 0.2) is 104 Å². The highest BCUT2D eigenvalue weighted by Gasteiger charge is 2.21. The fourth-order valence-electron chi connectivity index (χ4n) is 3.01. The van der Waals surface area contributed by atoms with Gasteiger partial charge in [-0.2, -0.15) is 0 Å². The average Bonchev–Trinajstić information content (AvgIpc) is 2.76. The highest BCUT2D eigenvalue weighted by atomic mass is 79.9. The van der Waals surface area contributed by atoms with Gasteiger partial charge in [0.2, 0.25) is 9.84 Å². The molecular formula is C24H18Br2N2O4S. The molecule has 33 heavy (non-hydrogen) atoms. The number of nitrogens with two attached hydrogens (primary N) is 2. The second kappa shape index (κ2) is 9.46. The highest BCUT2D eigenvalue weighted by molar-refractivity contribution is 9.11. The van der Waals surface area contributed by atoms with Crippen molar-refractivity contribution in [1.82, 2.24) is 0 Å². The maximum Gasteiger partial charge on any atom is 0.206 e. The van der Waals surface area contributed by atoms with Crippen LogP contribution in [0.2, 0.25) is 0 Å². The molecule has 4 aromatic carbocycles. The SMILES string of the molecule is Nc1cccc(Oc2ccc(S(=O)(=O)c3ccc(Oc4cccc(N)c4)c(Br)c3)cc2Br)c1. The van der Waals surface area contributed by atoms with E-state index in [0.717, 1.165) is 0 Å². The molecule has 4 rings (SSSR count). The minimum atomic E-state index is -3.79. The number of hydrogen-bond donors (Lipinski definition) is 2. The lowest BCUT2D eigenvalue weighted by Crippen LogP contribution is -2.03. The van der Waals surface area contributed by atoms with Crippen molar-refractivity contribution >= 4 is 53.1 Å². The normalized spacial score (nSPS) is 11.2. The average molecular weight is 590 g/mol. The van der Waals surface area contributed by atoms with Gasteiger partial charge in [-0.1, -0.05) is 12.1 Å². The number of nitrogen functional groups attached to an aromatic ring is 2. The summed E-state index contributed by atoms with van der Waals surface area (Å²) < 4.78 is 39.0. The summed E-state index contributed by atoms with van der Waals surface area (Å²) in [5.74, 6) is 2.02. The second-order valence-electron chi connectivity index (χ2n) is 7.04. The molecule has 0 spiro atoms. The van der Waals surface area contributed by atoms with Gasteiger partial charge in [-0.25, -0.2) is 8.42 Å². The fraction of sp³-hybridized carbons (Fsp3) is 0. The molecule has 168 valence electrons. The standard InChI is InChI=1S/C24H18Br2N2O4S/c25-21-13-19(7-9-23(21)31-17-5-1-3-15(27)11-17)33(29,30)20-8-10-24(22(26)14-20)32-18-6-2-4-16(28)12-18/h1-14H,27-28H2. The largest absolute Gasteiger partial charge is 0.456 e. The van der Waals surface area contributed by atoms with Gasteiger partial charge >= 0.3 is 0 Å². The van der Waals surface area contributed by atoms with Crippen molar-refractivity contribution in [2.24, 2.45) is 0 Å². The Labute approximate surface area is 208 Å². The molecule has 0 heterocycles. The van der Waals surface area contributed by atoms with Crippen molar-refractivity contribution in [3.63, 3.8) is 0 Å². The Morgan fingerprint density at radius 3 is 1.39 bits per heavy atom. The first-order valence-corrected chi connectivity index (χ1v) is 12.7. The third-order valence-corrected chi connectivity index (χ3v) is 7.59. The van der Waals surface area contributed by atoms with Crippen LogP contribution in [0.5, 0.6) is 23.0 Å². The molecule has 4 aromatic rings. The molecule has 0 atom stereocenters. The van der Waals surface area contributed by atoms with E-state index in [2.05, 4.69) is 31.9 Å². The van der Waals surface area contributed by atoms with Crippen molar-refractivity contribution < 1.29 is 17.9 Å².